The molecule has 0 spiro atoms. The second-order valence-electron chi connectivity index (χ2n) is 3.88. The average molecular weight is 481 g/mol. The minimum Gasteiger partial charge on any atom is -0.460 e. The summed E-state index contributed by atoms with van der Waals surface area (Å²) in [4.78, 5) is 33.3. The van der Waals surface area contributed by atoms with Gasteiger partial charge in [0.1, 0.15) is 13.2 Å². The van der Waals surface area contributed by atoms with Crippen molar-refractivity contribution in [2.24, 2.45) is 0 Å². The van der Waals surface area contributed by atoms with Gasteiger partial charge in [-0.15, -0.1) is 0 Å². The molecule has 1 amide bonds. The summed E-state index contributed by atoms with van der Waals surface area (Å²) in [5.74, 6) is -1.37. The molecule has 1 aromatic carbocycles. The molecule has 0 aromatic heterocycles. The van der Waals surface area contributed by atoms with Gasteiger partial charge in [0.05, 0.1) is 8.49 Å². The number of nitro benzene ring substituents is 1. The number of benzene rings is 1. The zero-order chi connectivity index (χ0) is 16.9. The number of amides is 1. The van der Waals surface area contributed by atoms with Gasteiger partial charge in [0.2, 0.25) is 3.79 Å². The molecule has 7 nitrogen and oxygen atoms in total. The number of halogens is 4. The highest BCUT2D eigenvalue weighted by atomic mass is 127. The predicted octanol–water partition coefficient (Wildman–Crippen LogP) is 2.84. The number of carbonyl (C=O) groups excluding carboxylic acids is 2. The zero-order valence-electron chi connectivity index (χ0n) is 10.6. The molecule has 0 fully saturated rings. The lowest BCUT2D eigenvalue weighted by atomic mass is 10.2. The first-order valence-electron chi connectivity index (χ1n) is 5.54. The van der Waals surface area contributed by atoms with E-state index in [9.17, 15) is 19.7 Å². The molecule has 0 atom stereocenters. The second-order valence-corrected chi connectivity index (χ2v) is 7.56. The van der Waals surface area contributed by atoms with Crippen LogP contribution in [0.2, 0.25) is 0 Å². The minimum absolute atomic E-state index is 0.112. The van der Waals surface area contributed by atoms with Crippen molar-refractivity contribution in [2.45, 2.75) is 3.79 Å². The number of ether oxygens (including phenoxy) is 1. The van der Waals surface area contributed by atoms with E-state index in [0.717, 1.165) is 0 Å². The summed E-state index contributed by atoms with van der Waals surface area (Å²) in [6, 6.07) is 3.82. The van der Waals surface area contributed by atoms with Crippen molar-refractivity contribution in [3.05, 3.63) is 37.4 Å². The van der Waals surface area contributed by atoms with E-state index < -0.39 is 33.7 Å². The molecule has 1 aromatic rings. The Kier molecular flexibility index (Phi) is 7.10. The lowest BCUT2D eigenvalue weighted by Crippen LogP contribution is -2.32. The first-order valence-corrected chi connectivity index (χ1v) is 7.76. The number of nitrogens with zero attached hydrogens (tertiary/aromatic N) is 1. The SMILES string of the molecule is O=C(CNC(=O)c1ccc([N+](=O)[O-])c(I)c1)OCC(Cl)(Cl)Cl. The fraction of sp³-hybridized carbons (Fsp3) is 0.273. The Balaban J connectivity index is 2.57. The van der Waals surface area contributed by atoms with E-state index >= 15 is 0 Å². The Bertz CT molecular complexity index is 606. The first-order chi connectivity index (χ1) is 10.1. The van der Waals surface area contributed by atoms with Gasteiger partial charge in [-0.3, -0.25) is 19.7 Å². The van der Waals surface area contributed by atoms with Crippen LogP contribution in [0.25, 0.3) is 0 Å². The number of rotatable bonds is 5. The molecular weight excluding hydrogens is 473 g/mol. The molecule has 1 rings (SSSR count). The fourth-order valence-electron chi connectivity index (χ4n) is 1.26. The first kappa shape index (κ1) is 19.2. The summed E-state index contributed by atoms with van der Waals surface area (Å²) < 4.78 is 3.20. The van der Waals surface area contributed by atoms with Crippen LogP contribution in [0, 0.1) is 13.7 Å². The summed E-state index contributed by atoms with van der Waals surface area (Å²) >= 11 is 18.0. The molecule has 0 saturated carbocycles. The van der Waals surface area contributed by atoms with Gasteiger partial charge in [0.15, 0.2) is 0 Å². The second kappa shape index (κ2) is 8.14. The van der Waals surface area contributed by atoms with E-state index in [2.05, 4.69) is 10.1 Å². The van der Waals surface area contributed by atoms with E-state index in [1.807, 2.05) is 0 Å². The van der Waals surface area contributed by atoms with Gasteiger partial charge < -0.3 is 10.1 Å². The molecule has 0 aliphatic carbocycles. The monoisotopic (exact) mass is 480 g/mol. The summed E-state index contributed by atoms with van der Waals surface area (Å²) in [6.45, 7) is -0.866. The van der Waals surface area contributed by atoms with Gasteiger partial charge in [-0.2, -0.15) is 0 Å². The highest BCUT2D eigenvalue weighted by Gasteiger charge is 2.22. The van der Waals surface area contributed by atoms with Gasteiger partial charge in [-0.05, 0) is 34.7 Å². The highest BCUT2D eigenvalue weighted by Crippen LogP contribution is 2.25. The Morgan fingerprint density at radius 2 is 2.00 bits per heavy atom. The summed E-state index contributed by atoms with van der Waals surface area (Å²) in [6.07, 6.45) is 0. The van der Waals surface area contributed by atoms with Crippen molar-refractivity contribution in [2.75, 3.05) is 13.2 Å². The number of hydrogen-bond acceptors (Lipinski definition) is 5. The summed E-state index contributed by atoms with van der Waals surface area (Å²) in [5, 5.41) is 13.0. The minimum atomic E-state index is -1.73. The predicted molar refractivity (Wildman–Crippen MR) is 89.4 cm³/mol. The maximum Gasteiger partial charge on any atom is 0.325 e. The standard InChI is InChI=1S/C11H8Cl3IN2O5/c12-11(13,14)5-22-9(18)4-16-10(19)6-1-2-8(17(20)21)7(15)3-6/h1-3H,4-5H2,(H,16,19). The van der Waals surface area contributed by atoms with Crippen molar-refractivity contribution < 1.29 is 19.2 Å². The number of carbonyl (C=O) groups is 2. The Hall–Kier alpha value is -0.840. The Labute approximate surface area is 153 Å². The Morgan fingerprint density at radius 3 is 2.50 bits per heavy atom. The van der Waals surface area contributed by atoms with Crippen molar-refractivity contribution >= 4 is 75.0 Å². The van der Waals surface area contributed by atoms with E-state index in [0.29, 0.717) is 3.57 Å². The summed E-state index contributed by atoms with van der Waals surface area (Å²) in [7, 11) is 0. The third-order valence-electron chi connectivity index (χ3n) is 2.20. The fourth-order valence-corrected chi connectivity index (χ4v) is 2.14. The molecule has 120 valence electrons. The van der Waals surface area contributed by atoms with Gasteiger partial charge in [-0.1, -0.05) is 34.8 Å². The Morgan fingerprint density at radius 1 is 1.36 bits per heavy atom. The zero-order valence-corrected chi connectivity index (χ0v) is 15.1. The van der Waals surface area contributed by atoms with Crippen molar-refractivity contribution in [3.8, 4) is 0 Å². The lowest BCUT2D eigenvalue weighted by molar-refractivity contribution is -0.385. The van der Waals surface area contributed by atoms with Crippen molar-refractivity contribution in [3.63, 3.8) is 0 Å². The summed E-state index contributed by atoms with van der Waals surface area (Å²) in [5.41, 5.74) is 0.0587. The van der Waals surface area contributed by atoms with Gasteiger partial charge in [0, 0.05) is 11.6 Å². The molecule has 0 aliphatic heterocycles. The van der Waals surface area contributed by atoms with Crippen LogP contribution in [-0.2, 0) is 9.53 Å². The van der Waals surface area contributed by atoms with Gasteiger partial charge in [-0.25, -0.2) is 0 Å². The van der Waals surface area contributed by atoms with E-state index in [4.69, 9.17) is 34.8 Å². The number of hydrogen-bond donors (Lipinski definition) is 1. The molecule has 0 bridgehead atoms. The molecule has 0 saturated heterocycles. The van der Waals surface area contributed by atoms with Gasteiger partial charge >= 0.3 is 5.97 Å². The smallest absolute Gasteiger partial charge is 0.325 e. The van der Waals surface area contributed by atoms with Crippen molar-refractivity contribution in [1.29, 1.82) is 0 Å². The largest absolute Gasteiger partial charge is 0.460 e. The van der Waals surface area contributed by atoms with E-state index in [1.54, 1.807) is 22.6 Å². The van der Waals surface area contributed by atoms with Crippen LogP contribution in [0.3, 0.4) is 0 Å². The van der Waals surface area contributed by atoms with Crippen LogP contribution >= 0.6 is 57.4 Å². The van der Waals surface area contributed by atoms with Crippen LogP contribution in [-0.4, -0.2) is 33.7 Å². The molecule has 0 radical (unpaired) electrons. The molecule has 0 aliphatic rings. The number of nitro groups is 1. The van der Waals surface area contributed by atoms with Crippen molar-refractivity contribution in [1.82, 2.24) is 5.32 Å². The molecule has 22 heavy (non-hydrogen) atoms. The van der Waals surface area contributed by atoms with E-state index in [-0.39, 0.29) is 11.3 Å². The van der Waals surface area contributed by atoms with Crippen LogP contribution in [0.1, 0.15) is 10.4 Å². The normalized spacial score (nSPS) is 10.9. The number of alkyl halides is 3. The molecule has 0 heterocycles. The highest BCUT2D eigenvalue weighted by molar-refractivity contribution is 14.1. The molecular formula is C11H8Cl3IN2O5. The maximum absolute atomic E-state index is 11.8. The molecule has 0 unspecified atom stereocenters. The van der Waals surface area contributed by atoms with Crippen LogP contribution in [0.15, 0.2) is 18.2 Å². The topological polar surface area (TPSA) is 98.5 Å². The number of nitrogens with one attached hydrogen (secondary N) is 1. The van der Waals surface area contributed by atoms with Crippen LogP contribution in [0.5, 0.6) is 0 Å². The number of esters is 1. The molecule has 1 N–H and O–H groups in total. The van der Waals surface area contributed by atoms with Crippen LogP contribution in [0.4, 0.5) is 5.69 Å². The third-order valence-corrected chi connectivity index (χ3v) is 3.39. The molecule has 11 heteroatoms. The average Bonchev–Trinajstić information content (AvgIpc) is 2.41. The quantitative estimate of drug-likeness (QED) is 0.229. The maximum atomic E-state index is 11.8. The van der Waals surface area contributed by atoms with E-state index in [1.165, 1.54) is 18.2 Å². The third kappa shape index (κ3) is 6.51. The van der Waals surface area contributed by atoms with Gasteiger partial charge in [0.25, 0.3) is 11.6 Å². The lowest BCUT2D eigenvalue weighted by Gasteiger charge is -2.11. The van der Waals surface area contributed by atoms with Crippen LogP contribution < -0.4 is 5.32 Å².